The van der Waals surface area contributed by atoms with Crippen LogP contribution < -0.4 is 21.3 Å². The maximum absolute atomic E-state index is 12.8. The van der Waals surface area contributed by atoms with Crippen molar-refractivity contribution in [1.82, 2.24) is 28.7 Å². The van der Waals surface area contributed by atoms with Gasteiger partial charge in [-0.2, -0.15) is 0 Å². The van der Waals surface area contributed by atoms with E-state index in [1.165, 1.54) is 82.3 Å². The predicted molar refractivity (Wildman–Crippen MR) is 537 cm³/mol. The van der Waals surface area contributed by atoms with Crippen LogP contribution in [0.3, 0.4) is 0 Å². The molecule has 3 fully saturated rings. The lowest BCUT2D eigenvalue weighted by Gasteiger charge is -2.26. The van der Waals surface area contributed by atoms with E-state index in [1.807, 2.05) is 243 Å². The Morgan fingerprint density at radius 2 is 0.644 bits per heavy atom. The molecule has 14 aromatic rings. The zero-order chi connectivity index (χ0) is 91.9. The molecule has 4 amide bonds. The van der Waals surface area contributed by atoms with E-state index in [4.69, 9.17) is 23.2 Å². The number of nitrogens with one attached hydrogen (secondary N) is 4. The summed E-state index contributed by atoms with van der Waals surface area (Å²) in [5.74, 6) is -2.14. The van der Waals surface area contributed by atoms with Crippen LogP contribution in [-0.4, -0.2) is 147 Å². The maximum Gasteiger partial charge on any atom is 0.232 e. The van der Waals surface area contributed by atoms with Gasteiger partial charge in [0.2, 0.25) is 23.6 Å². The van der Waals surface area contributed by atoms with Gasteiger partial charge in [0.15, 0.2) is 23.1 Å². The fourth-order valence-electron chi connectivity index (χ4n) is 16.9. The Labute approximate surface area is 784 Å². The van der Waals surface area contributed by atoms with E-state index < -0.39 is 0 Å². The second kappa shape index (κ2) is 48.0. The summed E-state index contributed by atoms with van der Waals surface area (Å²) in [5.41, 5.74) is 17.8. The van der Waals surface area contributed by atoms with Gasteiger partial charge in [0.05, 0.1) is 30.7 Å². The largest absolute Gasteiger partial charge is 0.346 e. The summed E-state index contributed by atoms with van der Waals surface area (Å²) in [6.45, 7) is 19.5. The molecule has 5 heterocycles. The molecule has 0 spiro atoms. The van der Waals surface area contributed by atoms with Crippen LogP contribution in [0.4, 0.5) is 22.7 Å². The smallest absolute Gasteiger partial charge is 0.232 e. The quantitative estimate of drug-likeness (QED) is 0.0224. The highest BCUT2D eigenvalue weighted by molar-refractivity contribution is 6.35. The summed E-state index contributed by atoms with van der Waals surface area (Å²) in [6.07, 6.45) is 13.4. The number of carbonyl (C=O) groups excluding carboxylic acids is 8. The van der Waals surface area contributed by atoms with Crippen LogP contribution in [0.1, 0.15) is 137 Å². The standard InChI is InChI=1S/C29H28ClN3O2.C29H29N3O2.C27H27ClN2O2.C27H30N2O2/c30-26-19-22(21-6-2-1-3-7-21)8-10-25(26)28(34)20-29(35)31-24-9-11-27-23(18-24)12-15-33(27)17-16-32-13-4-5-14-32;33-28(24-10-8-23(9-11-24)22-6-2-1-3-7-22)21-29(34)30-26-12-13-27-25(20-26)14-17-32(27)19-18-31-15-4-5-16-31;28-24-12-10-22(11-13-24)21-6-8-23(9-7-21)26(31)18-27(32)29-25-14-4-20(5-15-25)19-30-16-2-1-3-17-30;1-3-29(4-2)19-18-21-10-16-25(17-11-21)28-27(31)20-26(30)24-14-12-23(13-15-24)22-8-6-5-7-9-22/h1-3,6-12,15,18-19H,4-5,13-14,16-17,20H2,(H,31,35);1-3,6-14,17,20H,4-5,15-16,18-19,21H2,(H,30,34);4-15H,1-3,16-19H2,(H,29,32);5-17H,3-4,18-20H2,1-2H3,(H,28,31). The number of hydrogen-bond donors (Lipinski definition) is 4. The topological polar surface area (TPSA) is 208 Å². The number of amides is 4. The minimum absolute atomic E-state index is 0.172. The lowest BCUT2D eigenvalue weighted by Crippen LogP contribution is -2.29. The summed E-state index contributed by atoms with van der Waals surface area (Å²) < 4.78 is 4.52. The number of nitrogens with zero attached hydrogens (tertiary/aromatic N) is 6. The number of likely N-dealkylation sites (N-methyl/N-ethyl adjacent to an activating group) is 1. The Morgan fingerprint density at radius 1 is 0.311 bits per heavy atom. The lowest BCUT2D eigenvalue weighted by molar-refractivity contribution is -0.116. The fraction of sp³-hybridized carbons (Fsp3) is 0.250. The minimum Gasteiger partial charge on any atom is -0.346 e. The average molecular weight is 1800 g/mol. The van der Waals surface area contributed by atoms with Gasteiger partial charge >= 0.3 is 0 Å². The summed E-state index contributed by atoms with van der Waals surface area (Å²) in [4.78, 5) is 110. The summed E-state index contributed by atoms with van der Waals surface area (Å²) in [7, 11) is 0. The molecule has 0 aliphatic carbocycles. The molecule has 18 nitrogen and oxygen atoms in total. The van der Waals surface area contributed by atoms with E-state index in [1.54, 1.807) is 48.5 Å². The van der Waals surface area contributed by atoms with Crippen molar-refractivity contribution in [2.45, 2.75) is 111 Å². The van der Waals surface area contributed by atoms with Crippen molar-refractivity contribution >= 4 is 115 Å². The Bertz CT molecular complexity index is 6190. The number of hydrogen-bond acceptors (Lipinski definition) is 12. The normalized spacial score (nSPS) is 13.2. The number of ketones is 4. The predicted octanol–water partition coefficient (Wildman–Crippen LogP) is 23.5. The fourth-order valence-corrected chi connectivity index (χ4v) is 17.3. The molecule has 4 N–H and O–H groups in total. The average Bonchev–Trinajstić information content (AvgIpc) is 1.66. The van der Waals surface area contributed by atoms with E-state index in [-0.39, 0.29) is 72.4 Å². The Morgan fingerprint density at radius 3 is 1.04 bits per heavy atom. The first kappa shape index (κ1) is 94.8. The summed E-state index contributed by atoms with van der Waals surface area (Å²) >= 11 is 12.3. The molecule has 3 saturated heterocycles. The number of aromatic nitrogens is 2. The van der Waals surface area contributed by atoms with Crippen LogP contribution in [0.25, 0.3) is 66.3 Å². The van der Waals surface area contributed by atoms with Crippen molar-refractivity contribution in [3.05, 3.63) is 359 Å². The number of halogens is 2. The van der Waals surface area contributed by atoms with E-state index in [0.29, 0.717) is 55.0 Å². The second-order valence-corrected chi connectivity index (χ2v) is 34.6. The first-order valence-corrected chi connectivity index (χ1v) is 46.7. The number of benzene rings is 12. The zero-order valence-electron chi connectivity index (χ0n) is 75.1. The molecular formula is C112H114Cl2N10O8. The van der Waals surface area contributed by atoms with Crippen molar-refractivity contribution in [2.24, 2.45) is 0 Å². The van der Waals surface area contributed by atoms with Crippen LogP contribution in [-0.2, 0) is 45.2 Å². The van der Waals surface area contributed by atoms with Gasteiger partial charge in [0, 0.05) is 123 Å². The third-order valence-electron chi connectivity index (χ3n) is 24.4. The minimum atomic E-state index is -0.356. The van der Waals surface area contributed by atoms with Gasteiger partial charge < -0.3 is 45.1 Å². The van der Waals surface area contributed by atoms with E-state index >= 15 is 0 Å². The Kier molecular flexibility index (Phi) is 34.5. The van der Waals surface area contributed by atoms with Crippen LogP contribution in [0.15, 0.2) is 316 Å². The Balaban J connectivity index is 0.000000142. The van der Waals surface area contributed by atoms with Gasteiger partial charge in [0.1, 0.15) is 0 Å². The molecule has 674 valence electrons. The zero-order valence-corrected chi connectivity index (χ0v) is 76.6. The molecule has 3 aliphatic heterocycles. The van der Waals surface area contributed by atoms with E-state index in [2.05, 4.69) is 88.4 Å². The first-order valence-electron chi connectivity index (χ1n) is 46.0. The Hall–Kier alpha value is -13.3. The van der Waals surface area contributed by atoms with Crippen LogP contribution in [0, 0.1) is 0 Å². The van der Waals surface area contributed by atoms with Crippen molar-refractivity contribution < 1.29 is 38.4 Å². The third-order valence-corrected chi connectivity index (χ3v) is 25.0. The van der Waals surface area contributed by atoms with Crippen molar-refractivity contribution in [2.75, 3.05) is 93.3 Å². The number of rotatable bonds is 33. The van der Waals surface area contributed by atoms with Gasteiger partial charge in [-0.05, 0) is 250 Å². The van der Waals surface area contributed by atoms with E-state index in [9.17, 15) is 38.4 Å². The van der Waals surface area contributed by atoms with E-state index in [0.717, 1.165) is 138 Å². The van der Waals surface area contributed by atoms with Gasteiger partial charge in [0.25, 0.3) is 0 Å². The van der Waals surface area contributed by atoms with Gasteiger partial charge in [-0.3, -0.25) is 43.3 Å². The first-order chi connectivity index (χ1) is 64.4. The molecular weight excluding hydrogens is 1680 g/mol. The number of Topliss-reactive ketones (excluding diaryl/α,β-unsaturated/α-hetero) is 4. The van der Waals surface area contributed by atoms with Crippen molar-refractivity contribution in [1.29, 1.82) is 0 Å². The van der Waals surface area contributed by atoms with Gasteiger partial charge in [-0.25, -0.2) is 0 Å². The van der Waals surface area contributed by atoms with Gasteiger partial charge in [-0.1, -0.05) is 250 Å². The number of fused-ring (bicyclic) bond motifs is 2. The lowest BCUT2D eigenvalue weighted by atomic mass is 10.0. The molecule has 17 rings (SSSR count). The van der Waals surface area contributed by atoms with Crippen molar-refractivity contribution in [3.63, 3.8) is 0 Å². The van der Waals surface area contributed by atoms with Crippen LogP contribution in [0.2, 0.25) is 10.0 Å². The maximum atomic E-state index is 12.8. The molecule has 0 saturated carbocycles. The molecule has 0 unspecified atom stereocenters. The highest BCUT2D eigenvalue weighted by atomic mass is 35.5. The van der Waals surface area contributed by atoms with Crippen molar-refractivity contribution in [3.8, 4) is 44.5 Å². The van der Waals surface area contributed by atoms with Crippen LogP contribution >= 0.6 is 23.2 Å². The molecule has 12 aromatic carbocycles. The molecule has 20 heteroatoms. The molecule has 0 radical (unpaired) electrons. The third kappa shape index (κ3) is 27.9. The van der Waals surface area contributed by atoms with Gasteiger partial charge in [-0.15, -0.1) is 0 Å². The highest BCUT2D eigenvalue weighted by Gasteiger charge is 2.22. The summed E-state index contributed by atoms with van der Waals surface area (Å²) in [6, 6.07) is 96.4. The molecule has 132 heavy (non-hydrogen) atoms. The monoisotopic (exact) mass is 1800 g/mol. The number of likely N-dealkylation sites (tertiary alicyclic amines) is 3. The number of carbonyl (C=O) groups is 8. The number of anilines is 4. The summed E-state index contributed by atoms with van der Waals surface area (Å²) in [5, 5.41) is 14.6. The molecule has 2 aromatic heterocycles. The highest BCUT2D eigenvalue weighted by Crippen LogP contribution is 2.31. The molecule has 0 atom stereocenters. The number of piperidine rings is 1. The van der Waals surface area contributed by atoms with Crippen LogP contribution in [0.5, 0.6) is 0 Å². The SMILES string of the molecule is CCN(CC)CCc1ccc(NC(=O)CC(=O)c2ccc(-c3ccccc3)cc2)cc1.O=C(CC(=O)c1ccc(-c2ccc(Cl)cc2)cc1)Nc1ccc(CN2CCCCC2)cc1.O=C(CC(=O)c1ccc(-c2ccccc2)cc1)Nc1ccc2c(ccn2CCN2CCCC2)c1.O=C(CC(=O)c1ccc(-c2ccccc2)cc1Cl)Nc1ccc2c(ccn2CCN2CCCC2)c1. The molecule has 0 bridgehead atoms. The second-order valence-electron chi connectivity index (χ2n) is 33.8. The molecule has 3 aliphatic rings.